The molecule has 1 heterocycles. The van der Waals surface area contributed by atoms with E-state index in [0.717, 1.165) is 5.56 Å². The van der Waals surface area contributed by atoms with Gasteiger partial charge >= 0.3 is 0 Å². The Morgan fingerprint density at radius 2 is 2.05 bits per heavy atom. The highest BCUT2D eigenvalue weighted by Crippen LogP contribution is 2.36. The maximum atomic E-state index is 12.6. The van der Waals surface area contributed by atoms with Crippen molar-refractivity contribution in [2.75, 3.05) is 24.9 Å². The molecule has 1 amide bonds. The molecule has 20 heavy (non-hydrogen) atoms. The Morgan fingerprint density at radius 1 is 1.40 bits per heavy atom. The summed E-state index contributed by atoms with van der Waals surface area (Å²) in [6.45, 7) is 1.74. The summed E-state index contributed by atoms with van der Waals surface area (Å²) in [6.07, 6.45) is 0.567. The van der Waals surface area contributed by atoms with Crippen molar-refractivity contribution >= 4 is 33.2 Å². The Labute approximate surface area is 124 Å². The summed E-state index contributed by atoms with van der Waals surface area (Å²) < 4.78 is 26.5. The van der Waals surface area contributed by atoms with Crippen molar-refractivity contribution in [3.63, 3.8) is 0 Å². The molecule has 0 N–H and O–H groups in total. The minimum absolute atomic E-state index is 0.326. The fourth-order valence-electron chi connectivity index (χ4n) is 2.31. The van der Waals surface area contributed by atoms with E-state index in [0.29, 0.717) is 23.7 Å². The number of fused-ring (bicyclic) bond motifs is 1. The molecular weight excluding hydrogens is 300 g/mol. The molecule has 2 rings (SSSR count). The predicted octanol–water partition coefficient (Wildman–Crippen LogP) is 1.51. The van der Waals surface area contributed by atoms with Crippen molar-refractivity contribution in [3.05, 3.63) is 28.8 Å². The molecule has 0 aromatic heterocycles. The van der Waals surface area contributed by atoms with Gasteiger partial charge in [0, 0.05) is 25.7 Å². The fraction of sp³-hybridized carbons (Fsp3) is 0.462. The van der Waals surface area contributed by atoms with Crippen LogP contribution in [0.1, 0.15) is 12.5 Å². The van der Waals surface area contributed by atoms with Gasteiger partial charge in [-0.25, -0.2) is 8.42 Å². The van der Waals surface area contributed by atoms with Crippen LogP contribution in [-0.2, 0) is 21.2 Å². The number of nitrogens with zero attached hydrogens (tertiary/aromatic N) is 2. The summed E-state index contributed by atoms with van der Waals surface area (Å²) in [5.41, 5.74) is 1.40. The third-order valence-corrected chi connectivity index (χ3v) is 5.91. The first-order valence-corrected chi connectivity index (χ1v) is 8.15. The summed E-state index contributed by atoms with van der Waals surface area (Å²) in [5, 5.41) is -0.547. The van der Waals surface area contributed by atoms with Gasteiger partial charge in [0.05, 0.1) is 5.69 Å². The van der Waals surface area contributed by atoms with Gasteiger partial charge in [0.15, 0.2) is 5.25 Å². The number of halogens is 1. The second-order valence-corrected chi connectivity index (χ2v) is 7.56. The number of benzene rings is 1. The molecule has 0 spiro atoms. The van der Waals surface area contributed by atoms with Crippen LogP contribution < -0.4 is 4.31 Å². The highest BCUT2D eigenvalue weighted by molar-refractivity contribution is 7.94. The number of hydrogen-bond donors (Lipinski definition) is 0. The first-order valence-electron chi connectivity index (χ1n) is 6.27. The van der Waals surface area contributed by atoms with Crippen LogP contribution in [0.5, 0.6) is 0 Å². The third-order valence-electron chi connectivity index (χ3n) is 3.47. The second kappa shape index (κ2) is 5.26. The van der Waals surface area contributed by atoms with Gasteiger partial charge in [-0.2, -0.15) is 0 Å². The summed E-state index contributed by atoms with van der Waals surface area (Å²) in [7, 11) is -0.640. The zero-order valence-corrected chi connectivity index (χ0v) is 13.2. The Bertz CT molecular complexity index is 643. The summed E-state index contributed by atoms with van der Waals surface area (Å²) >= 11 is 6.08. The lowest BCUT2D eigenvalue weighted by atomic mass is 10.2. The molecule has 0 fully saturated rings. The summed E-state index contributed by atoms with van der Waals surface area (Å²) in [6, 6.07) is 5.18. The molecule has 0 bridgehead atoms. The topological polar surface area (TPSA) is 57.7 Å². The predicted molar refractivity (Wildman–Crippen MR) is 79.6 cm³/mol. The van der Waals surface area contributed by atoms with Crippen LogP contribution in [-0.4, -0.2) is 45.1 Å². The van der Waals surface area contributed by atoms with Crippen LogP contribution in [0.2, 0.25) is 5.02 Å². The molecule has 1 aliphatic rings. The second-order valence-electron chi connectivity index (χ2n) is 4.98. The molecule has 0 aliphatic carbocycles. The monoisotopic (exact) mass is 316 g/mol. The van der Waals surface area contributed by atoms with Crippen LogP contribution >= 0.6 is 11.6 Å². The Balaban J connectivity index is 2.39. The van der Waals surface area contributed by atoms with E-state index in [1.54, 1.807) is 32.3 Å². The molecule has 0 saturated heterocycles. The van der Waals surface area contributed by atoms with Gasteiger partial charge in [-0.15, -0.1) is 0 Å². The van der Waals surface area contributed by atoms with Gasteiger partial charge in [0.1, 0.15) is 0 Å². The Kier molecular flexibility index (Phi) is 3.97. The molecule has 0 saturated carbocycles. The van der Waals surface area contributed by atoms with Crippen LogP contribution in [0.25, 0.3) is 0 Å². The Morgan fingerprint density at radius 3 is 2.65 bits per heavy atom. The zero-order valence-electron chi connectivity index (χ0n) is 11.6. The number of carbonyl (C=O) groups excluding carboxylic acids is 1. The first-order chi connectivity index (χ1) is 9.26. The van der Waals surface area contributed by atoms with Crippen molar-refractivity contribution in [3.8, 4) is 0 Å². The van der Waals surface area contributed by atoms with E-state index >= 15 is 0 Å². The van der Waals surface area contributed by atoms with Crippen LogP contribution in [0.3, 0.4) is 0 Å². The SMILES string of the molecule is CC(C(=O)N(C)C)S(=O)(=O)N1CCc2c(Cl)cccc21. The average molecular weight is 317 g/mol. The van der Waals surface area contributed by atoms with Gasteiger partial charge < -0.3 is 4.90 Å². The largest absolute Gasteiger partial charge is 0.348 e. The minimum Gasteiger partial charge on any atom is -0.348 e. The molecule has 1 unspecified atom stereocenters. The van der Waals surface area contributed by atoms with Crippen molar-refractivity contribution in [1.29, 1.82) is 0 Å². The number of amides is 1. The van der Waals surface area contributed by atoms with Crippen molar-refractivity contribution in [2.24, 2.45) is 0 Å². The maximum Gasteiger partial charge on any atom is 0.246 e. The highest BCUT2D eigenvalue weighted by Gasteiger charge is 2.38. The number of sulfonamides is 1. The van der Waals surface area contributed by atoms with E-state index in [1.807, 2.05) is 0 Å². The molecule has 1 aromatic carbocycles. The summed E-state index contributed by atoms with van der Waals surface area (Å²) in [4.78, 5) is 13.2. The molecule has 5 nitrogen and oxygen atoms in total. The van der Waals surface area contributed by atoms with Gasteiger partial charge in [0.2, 0.25) is 15.9 Å². The number of hydrogen-bond acceptors (Lipinski definition) is 3. The average Bonchev–Trinajstić information content (AvgIpc) is 2.82. The van der Waals surface area contributed by atoms with Crippen LogP contribution in [0, 0.1) is 0 Å². The quantitative estimate of drug-likeness (QED) is 0.849. The fourth-order valence-corrected chi connectivity index (χ4v) is 4.21. The lowest BCUT2D eigenvalue weighted by molar-refractivity contribution is -0.127. The maximum absolute atomic E-state index is 12.6. The van der Waals surface area contributed by atoms with Crippen molar-refractivity contribution < 1.29 is 13.2 Å². The lowest BCUT2D eigenvalue weighted by Crippen LogP contribution is -2.44. The van der Waals surface area contributed by atoms with Crippen molar-refractivity contribution in [1.82, 2.24) is 4.90 Å². The molecule has 0 radical (unpaired) electrons. The van der Waals surface area contributed by atoms with E-state index in [2.05, 4.69) is 0 Å². The van der Waals surface area contributed by atoms with Crippen LogP contribution in [0.4, 0.5) is 5.69 Å². The lowest BCUT2D eigenvalue weighted by Gasteiger charge is -2.25. The van der Waals surface area contributed by atoms with Gasteiger partial charge in [-0.05, 0) is 31.0 Å². The first kappa shape index (κ1) is 15.1. The number of rotatable bonds is 3. The third kappa shape index (κ3) is 2.38. The minimum atomic E-state index is -3.73. The molecule has 110 valence electrons. The smallest absolute Gasteiger partial charge is 0.246 e. The molecular formula is C13H17ClN2O3S. The normalized spacial score (nSPS) is 15.9. The highest BCUT2D eigenvalue weighted by atomic mass is 35.5. The summed E-state index contributed by atoms with van der Waals surface area (Å²) in [5.74, 6) is -0.430. The number of anilines is 1. The van der Waals surface area contributed by atoms with E-state index in [4.69, 9.17) is 11.6 Å². The van der Waals surface area contributed by atoms with Crippen molar-refractivity contribution in [2.45, 2.75) is 18.6 Å². The van der Waals surface area contributed by atoms with Gasteiger partial charge in [0.25, 0.3) is 0 Å². The molecule has 1 aromatic rings. The van der Waals surface area contributed by atoms with E-state index in [1.165, 1.54) is 16.1 Å². The Hall–Kier alpha value is -1.27. The molecule has 7 heteroatoms. The number of carbonyl (C=O) groups is 1. The standard InChI is InChI=1S/C13H17ClN2O3S/c1-9(13(17)15(2)3)20(18,19)16-8-7-10-11(14)5-4-6-12(10)16/h4-6,9H,7-8H2,1-3H3. The van der Waals surface area contributed by atoms with E-state index in [9.17, 15) is 13.2 Å². The molecule has 1 atom stereocenters. The van der Waals surface area contributed by atoms with Gasteiger partial charge in [-0.1, -0.05) is 17.7 Å². The van der Waals surface area contributed by atoms with Crippen LogP contribution in [0.15, 0.2) is 18.2 Å². The van der Waals surface area contributed by atoms with E-state index < -0.39 is 21.2 Å². The van der Waals surface area contributed by atoms with Gasteiger partial charge in [-0.3, -0.25) is 9.10 Å². The molecule has 1 aliphatic heterocycles. The zero-order chi connectivity index (χ0) is 15.1. The van der Waals surface area contributed by atoms with E-state index in [-0.39, 0.29) is 0 Å².